The summed E-state index contributed by atoms with van der Waals surface area (Å²) in [5, 5.41) is 0.245. The number of esters is 1. The Balaban J connectivity index is 0.00000190. The van der Waals surface area contributed by atoms with Crippen molar-refractivity contribution in [3.8, 4) is 5.75 Å². The van der Waals surface area contributed by atoms with Gasteiger partial charge in [-0.15, -0.1) is 0 Å². The first-order chi connectivity index (χ1) is 13.6. The van der Waals surface area contributed by atoms with Gasteiger partial charge < -0.3 is 14.0 Å². The molecular formula is C21H26ClO5P. The average molecular weight is 425 g/mol. The summed E-state index contributed by atoms with van der Waals surface area (Å²) < 4.78 is 18.9. The third kappa shape index (κ3) is 6.50. The number of carbonyl (C=O) groups is 2. The fourth-order valence-corrected chi connectivity index (χ4v) is 2.97. The lowest BCUT2D eigenvalue weighted by atomic mass is 9.90. The van der Waals surface area contributed by atoms with E-state index < -0.39 is 17.7 Å². The van der Waals surface area contributed by atoms with Crippen LogP contribution in [0.2, 0.25) is 5.02 Å². The Hall–Kier alpha value is -2.10. The zero-order valence-corrected chi connectivity index (χ0v) is 18.3. The van der Waals surface area contributed by atoms with Gasteiger partial charge in [0.1, 0.15) is 11.7 Å². The number of rotatable bonds is 9. The summed E-state index contributed by atoms with van der Waals surface area (Å²) in [7, 11) is 2.07. The largest absolute Gasteiger partial charge is 0.496 e. The van der Waals surface area contributed by atoms with Crippen molar-refractivity contribution in [1.29, 1.82) is 0 Å². The van der Waals surface area contributed by atoms with Crippen LogP contribution in [0.15, 0.2) is 48.5 Å². The zero-order chi connectivity index (χ0) is 20.9. The number of hydrogen-bond acceptors (Lipinski definition) is 5. The molecule has 152 valence electrons. The Morgan fingerprint density at radius 1 is 1.04 bits per heavy atom. The number of Topliss-reactive ketones (excluding diaryl/α,β-unsaturated/α-hetero) is 1. The van der Waals surface area contributed by atoms with Crippen molar-refractivity contribution in [3.63, 3.8) is 0 Å². The number of halogens is 1. The van der Waals surface area contributed by atoms with E-state index in [4.69, 9.17) is 25.6 Å². The Morgan fingerprint density at radius 2 is 1.71 bits per heavy atom. The Bertz CT molecular complexity index is 767. The summed E-state index contributed by atoms with van der Waals surface area (Å²) in [4.78, 5) is 25.9. The molecule has 2 aromatic rings. The van der Waals surface area contributed by atoms with Gasteiger partial charge in [0, 0.05) is 0 Å². The molecule has 2 aromatic carbocycles. The molecule has 0 aliphatic rings. The zero-order valence-electron chi connectivity index (χ0n) is 16.2. The second kappa shape index (κ2) is 13.1. The standard InChI is InChI=1S/C21H23ClO4.H3OP/c1-3-4-8-14-26-21(24)18(15-10-6-5-7-11-15)20(23)19-16(22)12-9-13-17(19)25-2;1-2/h5-7,9-13,18H,3-4,8,14H2,1-2H3;2H3. The molecule has 0 radical (unpaired) electrons. The van der Waals surface area contributed by atoms with Gasteiger partial charge in [0.15, 0.2) is 5.78 Å². The van der Waals surface area contributed by atoms with E-state index in [1.165, 1.54) is 7.11 Å². The molecular weight excluding hydrogens is 399 g/mol. The molecule has 0 saturated heterocycles. The molecule has 0 aromatic heterocycles. The molecule has 2 unspecified atom stereocenters. The van der Waals surface area contributed by atoms with Gasteiger partial charge in [-0.1, -0.05) is 67.8 Å². The molecule has 7 heteroatoms. The summed E-state index contributed by atoms with van der Waals surface area (Å²) in [6, 6.07) is 13.8. The first-order valence-electron chi connectivity index (χ1n) is 8.97. The van der Waals surface area contributed by atoms with Crippen molar-refractivity contribution in [1.82, 2.24) is 0 Å². The summed E-state index contributed by atoms with van der Waals surface area (Å²) >= 11 is 6.23. The van der Waals surface area contributed by atoms with Gasteiger partial charge in [-0.2, -0.15) is 0 Å². The van der Waals surface area contributed by atoms with Crippen molar-refractivity contribution < 1.29 is 23.6 Å². The lowest BCUT2D eigenvalue weighted by Crippen LogP contribution is -2.25. The summed E-state index contributed by atoms with van der Waals surface area (Å²) in [6.45, 7) is 2.37. The smallest absolute Gasteiger partial charge is 0.321 e. The molecule has 0 bridgehead atoms. The lowest BCUT2D eigenvalue weighted by Gasteiger charge is -2.18. The molecule has 28 heavy (non-hydrogen) atoms. The molecule has 2 atom stereocenters. The van der Waals surface area contributed by atoms with Crippen LogP contribution in [0, 0.1) is 0 Å². The van der Waals surface area contributed by atoms with Gasteiger partial charge in [0.2, 0.25) is 0 Å². The van der Waals surface area contributed by atoms with Crippen LogP contribution in [0.25, 0.3) is 0 Å². The summed E-state index contributed by atoms with van der Waals surface area (Å²) in [5.74, 6) is -1.74. The van der Waals surface area contributed by atoms with Crippen LogP contribution in [-0.2, 0) is 14.1 Å². The molecule has 0 heterocycles. The van der Waals surface area contributed by atoms with Gasteiger partial charge >= 0.3 is 5.97 Å². The van der Waals surface area contributed by atoms with Gasteiger partial charge in [0.25, 0.3) is 0 Å². The third-order valence-corrected chi connectivity index (χ3v) is 4.38. The number of methoxy groups -OCH3 is 1. The van der Waals surface area contributed by atoms with E-state index in [1.54, 1.807) is 42.5 Å². The van der Waals surface area contributed by atoms with E-state index in [1.807, 2.05) is 6.07 Å². The number of unbranched alkanes of at least 4 members (excludes halogenated alkanes) is 2. The van der Waals surface area contributed by atoms with Gasteiger partial charge in [0.05, 0.1) is 33.4 Å². The third-order valence-electron chi connectivity index (χ3n) is 4.06. The lowest BCUT2D eigenvalue weighted by molar-refractivity contribution is -0.144. The Labute approximate surface area is 172 Å². The van der Waals surface area contributed by atoms with E-state index in [9.17, 15) is 9.59 Å². The molecule has 0 amide bonds. The molecule has 0 aliphatic carbocycles. The van der Waals surface area contributed by atoms with E-state index in [-0.39, 0.29) is 10.6 Å². The average Bonchev–Trinajstić information content (AvgIpc) is 2.73. The minimum atomic E-state index is -1.08. The van der Waals surface area contributed by atoms with Crippen LogP contribution in [0.1, 0.15) is 48.0 Å². The van der Waals surface area contributed by atoms with Gasteiger partial charge in [-0.25, -0.2) is 0 Å². The number of hydrogen-bond donors (Lipinski definition) is 0. The number of ether oxygens (including phenoxy) is 2. The molecule has 0 fully saturated rings. The van der Waals surface area contributed by atoms with E-state index in [0.717, 1.165) is 19.3 Å². The molecule has 5 nitrogen and oxygen atoms in total. The quantitative estimate of drug-likeness (QED) is 0.186. The van der Waals surface area contributed by atoms with E-state index in [2.05, 4.69) is 6.92 Å². The highest BCUT2D eigenvalue weighted by Crippen LogP contribution is 2.32. The maximum absolute atomic E-state index is 13.2. The van der Waals surface area contributed by atoms with Crippen LogP contribution in [0.4, 0.5) is 0 Å². The molecule has 2 rings (SSSR count). The maximum atomic E-state index is 13.2. The number of benzene rings is 2. The number of carbonyl (C=O) groups excluding carboxylic acids is 2. The Kier molecular flexibility index (Phi) is 11.2. The van der Waals surface area contributed by atoms with E-state index >= 15 is 0 Å². The molecule has 0 aliphatic heterocycles. The number of ketones is 1. The van der Waals surface area contributed by atoms with Crippen LogP contribution in [0.3, 0.4) is 0 Å². The van der Waals surface area contributed by atoms with Crippen molar-refractivity contribution in [2.75, 3.05) is 13.7 Å². The topological polar surface area (TPSA) is 69.7 Å². The predicted molar refractivity (Wildman–Crippen MR) is 114 cm³/mol. The fraction of sp³-hybridized carbons (Fsp3) is 0.333. The van der Waals surface area contributed by atoms with Crippen molar-refractivity contribution in [2.45, 2.75) is 32.1 Å². The van der Waals surface area contributed by atoms with Crippen molar-refractivity contribution in [2.24, 2.45) is 0 Å². The van der Waals surface area contributed by atoms with Gasteiger partial charge in [-0.3, -0.25) is 9.59 Å². The monoisotopic (exact) mass is 424 g/mol. The van der Waals surface area contributed by atoms with Crippen LogP contribution in [-0.4, -0.2) is 25.5 Å². The summed E-state index contributed by atoms with van der Waals surface area (Å²) in [6.07, 6.45) is 2.76. The van der Waals surface area contributed by atoms with Crippen molar-refractivity contribution >= 4 is 32.5 Å². The highest BCUT2D eigenvalue weighted by Gasteiger charge is 2.33. The van der Waals surface area contributed by atoms with E-state index in [0.29, 0.717) is 27.0 Å². The van der Waals surface area contributed by atoms with Crippen LogP contribution in [0.5, 0.6) is 5.75 Å². The summed E-state index contributed by atoms with van der Waals surface area (Å²) in [5.41, 5.74) is 0.760. The minimum absolute atomic E-state index is 0.191. The van der Waals surface area contributed by atoms with Crippen LogP contribution >= 0.6 is 20.7 Å². The first-order valence-corrected chi connectivity index (χ1v) is 9.92. The van der Waals surface area contributed by atoms with Crippen LogP contribution < -0.4 is 4.74 Å². The highest BCUT2D eigenvalue weighted by atomic mass is 35.5. The first kappa shape index (κ1) is 23.9. The van der Waals surface area contributed by atoms with Crippen molar-refractivity contribution in [3.05, 3.63) is 64.7 Å². The second-order valence-electron chi connectivity index (χ2n) is 5.90. The normalized spacial score (nSPS) is 11.1. The fourth-order valence-electron chi connectivity index (χ4n) is 2.71. The maximum Gasteiger partial charge on any atom is 0.321 e. The predicted octanol–water partition coefficient (Wildman–Crippen LogP) is 4.99. The highest BCUT2D eigenvalue weighted by molar-refractivity contribution is 7.00. The molecule has 0 N–H and O–H groups in total. The van der Waals surface area contributed by atoms with Gasteiger partial charge in [-0.05, 0) is 24.1 Å². The molecule has 0 saturated carbocycles. The Morgan fingerprint density at radius 3 is 2.32 bits per heavy atom. The molecule has 0 spiro atoms. The second-order valence-corrected chi connectivity index (χ2v) is 6.31. The SMILES string of the molecule is CCCCCOC(=O)C(C(=O)c1c(Cl)cccc1OC)c1ccccc1.O=[PH3]. The minimum Gasteiger partial charge on any atom is -0.496 e.